The molecular formula is C10H9BrN2. The van der Waals surface area contributed by atoms with Crippen LogP contribution in [0.2, 0.25) is 0 Å². The Bertz CT molecular complexity index is 573. The maximum Gasteiger partial charge on any atom is 0.0866 e. The minimum absolute atomic E-state index is 0.210. The van der Waals surface area contributed by atoms with E-state index in [2.05, 4.69) is 21.0 Å². The highest BCUT2D eigenvalue weighted by atomic mass is 79.9. The number of rotatable bonds is 1. The Hall–Kier alpha value is -1.09. The molecule has 0 radical (unpaired) electrons. The average Bonchev–Trinajstić information content (AvgIpc) is 2.56. The molecule has 0 unspecified atom stereocenters. The Labute approximate surface area is 92.4 Å². The Morgan fingerprint density at radius 3 is 2.77 bits per heavy atom. The first kappa shape index (κ1) is 4.42. The van der Waals surface area contributed by atoms with E-state index in [1.54, 1.807) is 24.3 Å². The summed E-state index contributed by atoms with van der Waals surface area (Å²) in [6.45, 7) is -2.54. The molecule has 13 heavy (non-hydrogen) atoms. The molecule has 0 aliphatic heterocycles. The van der Waals surface area contributed by atoms with Gasteiger partial charge in [0.2, 0.25) is 0 Å². The number of aryl methyl sites for hydroxylation is 1. The van der Waals surface area contributed by atoms with E-state index in [4.69, 9.17) is 6.85 Å². The molecule has 3 heteroatoms. The molecule has 66 valence electrons. The highest BCUT2D eigenvalue weighted by Gasteiger charge is 1.98. The van der Waals surface area contributed by atoms with Crippen LogP contribution in [0, 0.1) is 0 Å². The number of nitrogens with zero attached hydrogens (tertiary/aromatic N) is 2. The second-order valence-corrected chi connectivity index (χ2v) is 3.43. The van der Waals surface area contributed by atoms with Crippen molar-refractivity contribution in [3.05, 3.63) is 41.1 Å². The van der Waals surface area contributed by atoms with Gasteiger partial charge in [-0.25, -0.2) is 0 Å². The maximum absolute atomic E-state index is 7.82. The third-order valence-corrected chi connectivity index (χ3v) is 2.14. The van der Waals surface area contributed by atoms with E-state index < -0.39 is 6.98 Å². The minimum atomic E-state index is -2.54. The van der Waals surface area contributed by atoms with Crippen molar-refractivity contribution in [2.75, 3.05) is 0 Å². The zero-order chi connectivity index (χ0) is 13.5. The van der Waals surface area contributed by atoms with E-state index >= 15 is 0 Å². The number of hydrogen-bond donors (Lipinski definition) is 0. The van der Waals surface area contributed by atoms with Gasteiger partial charge in [-0.2, -0.15) is 5.10 Å². The fraction of sp³-hybridized carbons (Fsp3) is 0.100. The molecule has 2 rings (SSSR count). The van der Waals surface area contributed by atoms with Gasteiger partial charge < -0.3 is 0 Å². The maximum atomic E-state index is 7.82. The highest BCUT2D eigenvalue weighted by molar-refractivity contribution is 9.10. The monoisotopic (exact) mass is 241 g/mol. The summed E-state index contributed by atoms with van der Waals surface area (Å²) in [5.74, 6) is 0. The standard InChI is InChI=1S/C10H9BrN2/c1-13-7-9(6-12-13)8-2-4-10(11)5-3-8/h2-7H,1H3/i1D3,6D,7D. The topological polar surface area (TPSA) is 17.8 Å². The minimum Gasteiger partial charge on any atom is -0.275 e. The summed E-state index contributed by atoms with van der Waals surface area (Å²) >= 11 is 3.29. The van der Waals surface area contributed by atoms with Gasteiger partial charge in [-0.05, 0) is 17.7 Å². The molecular weight excluding hydrogens is 228 g/mol. The van der Waals surface area contributed by atoms with Gasteiger partial charge in [0, 0.05) is 27.3 Å². The molecule has 0 spiro atoms. The van der Waals surface area contributed by atoms with Crippen LogP contribution in [0.25, 0.3) is 11.1 Å². The molecule has 1 aromatic heterocycles. The lowest BCUT2D eigenvalue weighted by atomic mass is 10.1. The summed E-state index contributed by atoms with van der Waals surface area (Å²) < 4.78 is 38.7. The van der Waals surface area contributed by atoms with Crippen molar-refractivity contribution in [3.63, 3.8) is 0 Å². The van der Waals surface area contributed by atoms with E-state index in [1.165, 1.54) is 0 Å². The lowest BCUT2D eigenvalue weighted by Crippen LogP contribution is -1.84. The van der Waals surface area contributed by atoms with Crippen molar-refractivity contribution >= 4 is 15.9 Å². The molecule has 1 aromatic carbocycles. The van der Waals surface area contributed by atoms with Crippen LogP contribution in [-0.4, -0.2) is 9.78 Å². The summed E-state index contributed by atoms with van der Waals surface area (Å²) in [6, 6.07) is 6.95. The van der Waals surface area contributed by atoms with Crippen LogP contribution in [-0.2, 0) is 6.98 Å². The summed E-state index contributed by atoms with van der Waals surface area (Å²) in [5, 5.41) is 3.60. The largest absolute Gasteiger partial charge is 0.275 e. The van der Waals surface area contributed by atoms with Crippen LogP contribution < -0.4 is 0 Å². The van der Waals surface area contributed by atoms with Crippen LogP contribution in [0.3, 0.4) is 0 Å². The average molecular weight is 242 g/mol. The SMILES string of the molecule is [2H]c1nn(C([2H])([2H])[2H])c([2H])c1-c1ccc(Br)cc1. The Kier molecular flexibility index (Phi) is 1.14. The highest BCUT2D eigenvalue weighted by Crippen LogP contribution is 2.20. The van der Waals surface area contributed by atoms with Crippen LogP contribution in [0.1, 0.15) is 6.85 Å². The molecule has 0 saturated heterocycles. The lowest BCUT2D eigenvalue weighted by Gasteiger charge is -1.95. The zero-order valence-corrected chi connectivity index (χ0v) is 8.17. The van der Waals surface area contributed by atoms with Crippen molar-refractivity contribution in [2.45, 2.75) is 0 Å². The summed E-state index contributed by atoms with van der Waals surface area (Å²) in [6.07, 6.45) is -0.485. The van der Waals surface area contributed by atoms with Gasteiger partial charge in [-0.3, -0.25) is 4.68 Å². The van der Waals surface area contributed by atoms with Crippen LogP contribution in [0.15, 0.2) is 41.1 Å². The van der Waals surface area contributed by atoms with Gasteiger partial charge in [-0.15, -0.1) is 0 Å². The molecule has 0 saturated carbocycles. The number of aromatic nitrogens is 2. The van der Waals surface area contributed by atoms with Gasteiger partial charge in [0.05, 0.1) is 8.91 Å². The zero-order valence-electron chi connectivity index (χ0n) is 11.6. The van der Waals surface area contributed by atoms with Gasteiger partial charge >= 0.3 is 0 Å². The predicted molar refractivity (Wildman–Crippen MR) is 56.3 cm³/mol. The van der Waals surface area contributed by atoms with E-state index in [0.29, 0.717) is 10.2 Å². The third-order valence-electron chi connectivity index (χ3n) is 1.61. The lowest BCUT2D eigenvalue weighted by molar-refractivity contribution is 0.768. The Balaban J connectivity index is 2.59. The molecule has 2 aromatic rings. The van der Waals surface area contributed by atoms with Crippen molar-refractivity contribution in [3.8, 4) is 11.1 Å². The molecule has 0 fully saturated rings. The molecule has 2 nitrogen and oxygen atoms in total. The van der Waals surface area contributed by atoms with E-state index in [9.17, 15) is 0 Å². The number of halogens is 1. The molecule has 0 atom stereocenters. The third kappa shape index (κ3) is 1.80. The smallest absolute Gasteiger partial charge is 0.0866 e. The molecule has 0 N–H and O–H groups in total. The van der Waals surface area contributed by atoms with E-state index in [1.807, 2.05) is 0 Å². The fourth-order valence-electron chi connectivity index (χ4n) is 1.00. The Morgan fingerprint density at radius 1 is 1.38 bits per heavy atom. The fourth-order valence-corrected chi connectivity index (χ4v) is 1.27. The molecule has 0 aliphatic rings. The second-order valence-electron chi connectivity index (χ2n) is 2.52. The summed E-state index contributed by atoms with van der Waals surface area (Å²) in [4.78, 5) is 0. The second kappa shape index (κ2) is 3.34. The first-order valence-corrected chi connectivity index (χ1v) is 4.42. The van der Waals surface area contributed by atoms with Gasteiger partial charge in [0.1, 0.15) is 0 Å². The van der Waals surface area contributed by atoms with Crippen molar-refractivity contribution < 1.29 is 6.85 Å². The first-order valence-electron chi connectivity index (χ1n) is 6.13. The molecule has 0 amide bonds. The van der Waals surface area contributed by atoms with Crippen molar-refractivity contribution in [1.29, 1.82) is 0 Å². The normalized spacial score (nSPS) is 16.8. The Morgan fingerprint density at radius 2 is 2.15 bits per heavy atom. The van der Waals surface area contributed by atoms with Crippen LogP contribution in [0.5, 0.6) is 0 Å². The van der Waals surface area contributed by atoms with Crippen LogP contribution >= 0.6 is 15.9 Å². The van der Waals surface area contributed by atoms with Gasteiger partial charge in [-0.1, -0.05) is 28.1 Å². The molecule has 0 aliphatic carbocycles. The first-order chi connectivity index (χ1) is 8.30. The number of hydrogen-bond acceptors (Lipinski definition) is 1. The van der Waals surface area contributed by atoms with Gasteiger partial charge in [0.15, 0.2) is 0 Å². The number of benzene rings is 1. The van der Waals surface area contributed by atoms with E-state index in [-0.39, 0.29) is 17.9 Å². The van der Waals surface area contributed by atoms with Crippen molar-refractivity contribution in [2.24, 2.45) is 6.98 Å². The molecule has 1 heterocycles. The van der Waals surface area contributed by atoms with Crippen LogP contribution in [0.4, 0.5) is 0 Å². The predicted octanol–water partition coefficient (Wildman–Crippen LogP) is 2.85. The van der Waals surface area contributed by atoms with E-state index in [0.717, 1.165) is 4.47 Å². The quantitative estimate of drug-likeness (QED) is 0.751. The van der Waals surface area contributed by atoms with Gasteiger partial charge in [0.25, 0.3) is 0 Å². The molecule has 0 bridgehead atoms. The van der Waals surface area contributed by atoms with Crippen molar-refractivity contribution in [1.82, 2.24) is 9.78 Å². The summed E-state index contributed by atoms with van der Waals surface area (Å²) in [5.41, 5.74) is 0.822. The summed E-state index contributed by atoms with van der Waals surface area (Å²) in [7, 11) is 0.